The van der Waals surface area contributed by atoms with Gasteiger partial charge in [0.05, 0.1) is 13.2 Å². The number of rotatable bonds is 4. The molecule has 2 aliphatic rings. The van der Waals surface area contributed by atoms with Crippen molar-refractivity contribution in [2.75, 3.05) is 32.8 Å². The first-order valence-corrected chi connectivity index (χ1v) is 8.64. The zero-order valence-electron chi connectivity index (χ0n) is 12.3. The lowest BCUT2D eigenvalue weighted by Crippen LogP contribution is -2.38. The fraction of sp³-hybridized carbons (Fsp3) is 0.600. The molecule has 0 spiro atoms. The SMILES string of the molecule is c1cc(-c2nnc(C3CCN(CC4OCCO4)CC3)o2)cs1. The molecule has 2 aromatic rings. The van der Waals surface area contributed by atoms with Gasteiger partial charge in [0, 0.05) is 23.4 Å². The van der Waals surface area contributed by atoms with Crippen LogP contribution in [0.3, 0.4) is 0 Å². The van der Waals surface area contributed by atoms with Crippen LogP contribution in [0.1, 0.15) is 24.7 Å². The summed E-state index contributed by atoms with van der Waals surface area (Å²) in [5.41, 5.74) is 1.01. The number of nitrogens with zero attached hydrogens (tertiary/aromatic N) is 3. The summed E-state index contributed by atoms with van der Waals surface area (Å²) in [5, 5.41) is 12.5. The van der Waals surface area contributed by atoms with Crippen molar-refractivity contribution in [3.63, 3.8) is 0 Å². The average Bonchev–Trinajstić information content (AvgIpc) is 3.30. The molecule has 2 fully saturated rings. The van der Waals surface area contributed by atoms with Crippen LogP contribution in [0, 0.1) is 0 Å². The fourth-order valence-electron chi connectivity index (χ4n) is 2.99. The second-order valence-corrected chi connectivity index (χ2v) is 6.48. The van der Waals surface area contributed by atoms with Crippen molar-refractivity contribution in [1.82, 2.24) is 15.1 Å². The summed E-state index contributed by atoms with van der Waals surface area (Å²) in [6, 6.07) is 2.01. The minimum Gasteiger partial charge on any atom is -0.420 e. The van der Waals surface area contributed by atoms with Crippen LogP contribution in [0.4, 0.5) is 0 Å². The molecule has 0 saturated carbocycles. The molecule has 4 heterocycles. The highest BCUT2D eigenvalue weighted by Gasteiger charge is 2.27. The van der Waals surface area contributed by atoms with Crippen LogP contribution in [-0.2, 0) is 9.47 Å². The molecule has 118 valence electrons. The average molecular weight is 321 g/mol. The monoisotopic (exact) mass is 321 g/mol. The van der Waals surface area contributed by atoms with Crippen molar-refractivity contribution < 1.29 is 13.9 Å². The lowest BCUT2D eigenvalue weighted by atomic mass is 9.97. The van der Waals surface area contributed by atoms with Gasteiger partial charge in [-0.05, 0) is 37.4 Å². The van der Waals surface area contributed by atoms with Crippen LogP contribution in [0.2, 0.25) is 0 Å². The summed E-state index contributed by atoms with van der Waals surface area (Å²) in [6.45, 7) is 4.33. The third-order valence-electron chi connectivity index (χ3n) is 4.24. The van der Waals surface area contributed by atoms with Crippen molar-refractivity contribution in [2.45, 2.75) is 25.0 Å². The van der Waals surface area contributed by atoms with E-state index in [1.807, 2.05) is 16.8 Å². The van der Waals surface area contributed by atoms with Gasteiger partial charge in [-0.3, -0.25) is 4.90 Å². The minimum atomic E-state index is -0.0508. The van der Waals surface area contributed by atoms with Gasteiger partial charge in [-0.25, -0.2) is 0 Å². The normalized spacial score (nSPS) is 21.6. The molecule has 4 rings (SSSR count). The van der Waals surface area contributed by atoms with Crippen LogP contribution in [0.15, 0.2) is 21.2 Å². The highest BCUT2D eigenvalue weighted by Crippen LogP contribution is 2.30. The number of ether oxygens (including phenoxy) is 2. The van der Waals surface area contributed by atoms with Gasteiger partial charge in [-0.15, -0.1) is 10.2 Å². The first kappa shape index (κ1) is 14.3. The molecule has 7 heteroatoms. The van der Waals surface area contributed by atoms with E-state index >= 15 is 0 Å². The molecule has 0 aliphatic carbocycles. The van der Waals surface area contributed by atoms with E-state index in [4.69, 9.17) is 13.9 Å². The summed E-state index contributed by atoms with van der Waals surface area (Å²) < 4.78 is 16.9. The predicted octanol–water partition coefficient (Wildman–Crippen LogP) is 2.35. The van der Waals surface area contributed by atoms with Gasteiger partial charge in [-0.2, -0.15) is 11.3 Å². The van der Waals surface area contributed by atoms with Crippen molar-refractivity contribution in [3.05, 3.63) is 22.7 Å². The molecule has 22 heavy (non-hydrogen) atoms. The molecule has 0 atom stereocenters. The molecule has 0 amide bonds. The Kier molecular flexibility index (Phi) is 4.20. The molecule has 0 radical (unpaired) electrons. The van der Waals surface area contributed by atoms with Gasteiger partial charge in [0.25, 0.3) is 0 Å². The molecular formula is C15H19N3O3S. The van der Waals surface area contributed by atoms with Crippen LogP contribution >= 0.6 is 11.3 Å². The Bertz CT molecular complexity index is 587. The van der Waals surface area contributed by atoms with Crippen LogP contribution in [0.5, 0.6) is 0 Å². The minimum absolute atomic E-state index is 0.0508. The zero-order valence-corrected chi connectivity index (χ0v) is 13.1. The van der Waals surface area contributed by atoms with E-state index in [-0.39, 0.29) is 6.29 Å². The van der Waals surface area contributed by atoms with E-state index in [1.165, 1.54) is 0 Å². The highest BCUT2D eigenvalue weighted by atomic mass is 32.1. The third kappa shape index (κ3) is 3.08. The molecule has 0 N–H and O–H groups in total. The number of aromatic nitrogens is 2. The Hall–Kier alpha value is -1.28. The summed E-state index contributed by atoms with van der Waals surface area (Å²) in [5.74, 6) is 1.77. The van der Waals surface area contributed by atoms with Crippen LogP contribution in [-0.4, -0.2) is 54.2 Å². The molecule has 2 aliphatic heterocycles. The van der Waals surface area contributed by atoms with Gasteiger partial charge in [-0.1, -0.05) is 0 Å². The van der Waals surface area contributed by atoms with Gasteiger partial charge < -0.3 is 13.9 Å². The number of likely N-dealkylation sites (tertiary alicyclic amines) is 1. The predicted molar refractivity (Wildman–Crippen MR) is 81.7 cm³/mol. The van der Waals surface area contributed by atoms with Crippen molar-refractivity contribution in [1.29, 1.82) is 0 Å². The Morgan fingerprint density at radius 1 is 1.18 bits per heavy atom. The van der Waals surface area contributed by atoms with E-state index in [0.717, 1.165) is 43.9 Å². The maximum Gasteiger partial charge on any atom is 0.248 e. The molecule has 6 nitrogen and oxygen atoms in total. The Labute approximate surface area is 133 Å². The van der Waals surface area contributed by atoms with Gasteiger partial charge >= 0.3 is 0 Å². The molecule has 0 aromatic carbocycles. The summed E-state index contributed by atoms with van der Waals surface area (Å²) in [4.78, 5) is 2.39. The smallest absolute Gasteiger partial charge is 0.248 e. The summed E-state index contributed by atoms with van der Waals surface area (Å²) >= 11 is 1.64. The number of hydrogen-bond acceptors (Lipinski definition) is 7. The van der Waals surface area contributed by atoms with Crippen LogP contribution in [0.25, 0.3) is 11.5 Å². The maximum absolute atomic E-state index is 5.85. The molecular weight excluding hydrogens is 302 g/mol. The second-order valence-electron chi connectivity index (χ2n) is 5.70. The Morgan fingerprint density at radius 3 is 2.73 bits per heavy atom. The maximum atomic E-state index is 5.85. The van der Waals surface area contributed by atoms with Crippen molar-refractivity contribution >= 4 is 11.3 Å². The van der Waals surface area contributed by atoms with E-state index < -0.39 is 0 Å². The Balaban J connectivity index is 1.33. The quantitative estimate of drug-likeness (QED) is 0.861. The van der Waals surface area contributed by atoms with Crippen molar-refractivity contribution in [3.8, 4) is 11.5 Å². The molecule has 2 aromatic heterocycles. The first-order valence-electron chi connectivity index (χ1n) is 7.70. The number of piperidine rings is 1. The fourth-order valence-corrected chi connectivity index (χ4v) is 3.62. The van der Waals surface area contributed by atoms with Gasteiger partial charge in [0.2, 0.25) is 11.8 Å². The topological polar surface area (TPSA) is 60.6 Å². The lowest BCUT2D eigenvalue weighted by Gasteiger charge is -2.31. The lowest BCUT2D eigenvalue weighted by molar-refractivity contribution is -0.0650. The molecule has 0 bridgehead atoms. The molecule has 2 saturated heterocycles. The second kappa shape index (κ2) is 6.45. The zero-order chi connectivity index (χ0) is 14.8. The number of thiophene rings is 1. The van der Waals surface area contributed by atoms with Gasteiger partial charge in [0.1, 0.15) is 0 Å². The van der Waals surface area contributed by atoms with E-state index in [9.17, 15) is 0 Å². The highest BCUT2D eigenvalue weighted by molar-refractivity contribution is 7.08. The first-order chi connectivity index (χ1) is 10.9. The standard InChI is InChI=1S/C15H19N3O3S/c1-4-18(9-13-19-6-7-20-13)5-2-11(1)14-16-17-15(21-14)12-3-8-22-10-12/h3,8,10-11,13H,1-2,4-7,9H2. The van der Waals surface area contributed by atoms with E-state index in [2.05, 4.69) is 15.1 Å². The third-order valence-corrected chi connectivity index (χ3v) is 4.93. The Morgan fingerprint density at radius 2 is 2.00 bits per heavy atom. The van der Waals surface area contributed by atoms with E-state index in [0.29, 0.717) is 25.0 Å². The van der Waals surface area contributed by atoms with Gasteiger partial charge in [0.15, 0.2) is 6.29 Å². The summed E-state index contributed by atoms with van der Waals surface area (Å²) in [6.07, 6.45) is 2.03. The number of hydrogen-bond donors (Lipinski definition) is 0. The van der Waals surface area contributed by atoms with Crippen molar-refractivity contribution in [2.24, 2.45) is 0 Å². The van der Waals surface area contributed by atoms with E-state index in [1.54, 1.807) is 11.3 Å². The van der Waals surface area contributed by atoms with Crippen LogP contribution < -0.4 is 0 Å². The largest absolute Gasteiger partial charge is 0.420 e. The summed E-state index contributed by atoms with van der Waals surface area (Å²) in [7, 11) is 0. The molecule has 0 unspecified atom stereocenters.